The van der Waals surface area contributed by atoms with Gasteiger partial charge < -0.3 is 15.0 Å². The van der Waals surface area contributed by atoms with Crippen LogP contribution in [0, 0.1) is 0 Å². The van der Waals surface area contributed by atoms with Gasteiger partial charge in [-0.2, -0.15) is 5.10 Å². The molecule has 148 valence electrons. The Hall–Kier alpha value is -0.870. The third-order valence-electron chi connectivity index (χ3n) is 5.15. The first-order valence-electron chi connectivity index (χ1n) is 9.58. The number of aliphatic imine (C=N–C) groups is 1. The largest absolute Gasteiger partial charge is 0.370 e. The van der Waals surface area contributed by atoms with Crippen molar-refractivity contribution in [3.63, 3.8) is 0 Å². The molecule has 0 aliphatic carbocycles. The van der Waals surface area contributed by atoms with Gasteiger partial charge >= 0.3 is 0 Å². The number of aryl methyl sites for hydroxylation is 1. The highest BCUT2D eigenvalue weighted by Gasteiger charge is 2.26. The maximum Gasteiger partial charge on any atom is 0.194 e. The van der Waals surface area contributed by atoms with Crippen LogP contribution in [0.5, 0.6) is 0 Å². The van der Waals surface area contributed by atoms with E-state index < -0.39 is 0 Å². The monoisotopic (exact) mass is 476 g/mol. The van der Waals surface area contributed by atoms with Crippen molar-refractivity contribution in [2.75, 3.05) is 45.9 Å². The molecule has 1 aromatic heterocycles. The van der Waals surface area contributed by atoms with Gasteiger partial charge in [-0.25, -0.2) is 0 Å². The molecular formula is C18H33IN6O. The molecule has 26 heavy (non-hydrogen) atoms. The molecule has 1 N–H and O–H groups in total. The van der Waals surface area contributed by atoms with E-state index in [9.17, 15) is 0 Å². The minimum absolute atomic E-state index is 0. The van der Waals surface area contributed by atoms with Crippen LogP contribution in [0.4, 0.5) is 0 Å². The maximum absolute atomic E-state index is 5.96. The predicted molar refractivity (Wildman–Crippen MR) is 115 cm³/mol. The average molecular weight is 476 g/mol. The number of guanidine groups is 1. The number of ether oxygens (including phenoxy) is 1. The van der Waals surface area contributed by atoms with E-state index in [2.05, 4.69) is 34.1 Å². The minimum Gasteiger partial charge on any atom is -0.370 e. The summed E-state index contributed by atoms with van der Waals surface area (Å²) < 4.78 is 7.79. The molecule has 2 atom stereocenters. The number of likely N-dealkylation sites (N-methyl/N-ethyl adjacent to an activating group) is 1. The normalized spacial score (nSPS) is 24.6. The molecule has 3 heterocycles. The van der Waals surface area contributed by atoms with Crippen LogP contribution in [0.25, 0.3) is 0 Å². The molecule has 8 heteroatoms. The van der Waals surface area contributed by atoms with E-state index in [0.717, 1.165) is 44.2 Å². The molecule has 1 aromatic rings. The highest BCUT2D eigenvalue weighted by molar-refractivity contribution is 14.0. The van der Waals surface area contributed by atoms with Crippen molar-refractivity contribution in [3.05, 3.63) is 18.0 Å². The van der Waals surface area contributed by atoms with Crippen LogP contribution < -0.4 is 5.32 Å². The van der Waals surface area contributed by atoms with E-state index in [1.807, 2.05) is 24.1 Å². The second kappa shape index (κ2) is 10.5. The summed E-state index contributed by atoms with van der Waals surface area (Å²) in [5.41, 5.74) is 1.14. The zero-order valence-corrected chi connectivity index (χ0v) is 18.6. The number of hydrogen-bond acceptors (Lipinski definition) is 4. The Balaban J connectivity index is 0.00000243. The molecule has 0 amide bonds. The fourth-order valence-electron chi connectivity index (χ4n) is 3.79. The first-order valence-corrected chi connectivity index (χ1v) is 9.58. The van der Waals surface area contributed by atoms with Gasteiger partial charge in [-0.3, -0.25) is 14.6 Å². The fraction of sp³-hybridized carbons (Fsp3) is 0.778. The molecule has 2 fully saturated rings. The lowest BCUT2D eigenvalue weighted by molar-refractivity contribution is -0.00807. The topological polar surface area (TPSA) is 57.9 Å². The maximum atomic E-state index is 5.96. The lowest BCUT2D eigenvalue weighted by Gasteiger charge is -2.35. The standard InChI is InChI=1S/C18H32N6O.HI/c1-4-19-18(20-12-16-7-6-8-23(16)5-2)24-9-10-25-17(14-24)15-11-21-22(3)13-15;/h11,13,16-17H,4-10,12,14H2,1-3H3,(H,19,20);1H. The third kappa shape index (κ3) is 5.32. The van der Waals surface area contributed by atoms with Gasteiger partial charge in [0.15, 0.2) is 5.96 Å². The molecule has 0 radical (unpaired) electrons. The van der Waals surface area contributed by atoms with Gasteiger partial charge in [-0.1, -0.05) is 6.92 Å². The molecule has 0 spiro atoms. The Kier molecular flexibility index (Phi) is 8.62. The molecule has 3 rings (SSSR count). The van der Waals surface area contributed by atoms with Gasteiger partial charge in [0.25, 0.3) is 0 Å². The SMILES string of the molecule is CCNC(=NCC1CCCN1CC)N1CCOC(c2cnn(C)c2)C1.I. The Morgan fingerprint density at radius 1 is 1.38 bits per heavy atom. The Morgan fingerprint density at radius 3 is 2.92 bits per heavy atom. The number of hydrogen-bond donors (Lipinski definition) is 1. The van der Waals surface area contributed by atoms with Gasteiger partial charge in [0.1, 0.15) is 6.10 Å². The van der Waals surface area contributed by atoms with Crippen molar-refractivity contribution < 1.29 is 4.74 Å². The molecule has 2 unspecified atom stereocenters. The van der Waals surface area contributed by atoms with Crippen molar-refractivity contribution in [2.24, 2.45) is 12.0 Å². The van der Waals surface area contributed by atoms with Crippen LogP contribution in [0.1, 0.15) is 38.4 Å². The van der Waals surface area contributed by atoms with E-state index in [1.165, 1.54) is 19.4 Å². The lowest BCUT2D eigenvalue weighted by Crippen LogP contribution is -2.48. The van der Waals surface area contributed by atoms with Crippen LogP contribution in [0.15, 0.2) is 17.4 Å². The van der Waals surface area contributed by atoms with E-state index in [-0.39, 0.29) is 30.1 Å². The highest BCUT2D eigenvalue weighted by Crippen LogP contribution is 2.22. The number of halogens is 1. The Bertz CT molecular complexity index is 578. The second-order valence-corrected chi connectivity index (χ2v) is 6.87. The van der Waals surface area contributed by atoms with Crippen molar-refractivity contribution >= 4 is 29.9 Å². The van der Waals surface area contributed by atoms with Crippen molar-refractivity contribution in [1.29, 1.82) is 0 Å². The summed E-state index contributed by atoms with van der Waals surface area (Å²) in [7, 11) is 1.94. The summed E-state index contributed by atoms with van der Waals surface area (Å²) in [4.78, 5) is 9.84. The number of rotatable bonds is 5. The molecule has 2 aliphatic rings. The van der Waals surface area contributed by atoms with E-state index in [1.54, 1.807) is 0 Å². The lowest BCUT2D eigenvalue weighted by atomic mass is 10.1. The van der Waals surface area contributed by atoms with Gasteiger partial charge in [0.05, 0.1) is 25.9 Å². The van der Waals surface area contributed by atoms with Crippen LogP contribution in [-0.4, -0.2) is 77.5 Å². The molecule has 7 nitrogen and oxygen atoms in total. The van der Waals surface area contributed by atoms with Crippen LogP contribution in [0.2, 0.25) is 0 Å². The number of aromatic nitrogens is 2. The Labute approximate surface area is 174 Å². The van der Waals surface area contributed by atoms with Gasteiger partial charge in [-0.15, -0.1) is 24.0 Å². The summed E-state index contributed by atoms with van der Waals surface area (Å²) in [6.07, 6.45) is 6.56. The van der Waals surface area contributed by atoms with E-state index in [0.29, 0.717) is 12.6 Å². The summed E-state index contributed by atoms with van der Waals surface area (Å²) in [6.45, 7) is 10.9. The summed E-state index contributed by atoms with van der Waals surface area (Å²) in [6, 6.07) is 0.591. The molecule has 0 bridgehead atoms. The molecular weight excluding hydrogens is 443 g/mol. The predicted octanol–water partition coefficient (Wildman–Crippen LogP) is 1.86. The van der Waals surface area contributed by atoms with Gasteiger partial charge in [0.2, 0.25) is 0 Å². The van der Waals surface area contributed by atoms with Crippen molar-refractivity contribution in [1.82, 2.24) is 24.9 Å². The Morgan fingerprint density at radius 2 is 2.23 bits per heavy atom. The zero-order valence-electron chi connectivity index (χ0n) is 16.2. The first-order chi connectivity index (χ1) is 12.2. The number of likely N-dealkylation sites (tertiary alicyclic amines) is 1. The molecule has 0 saturated carbocycles. The highest BCUT2D eigenvalue weighted by atomic mass is 127. The molecule has 2 saturated heterocycles. The van der Waals surface area contributed by atoms with Crippen LogP contribution in [0.3, 0.4) is 0 Å². The molecule has 2 aliphatic heterocycles. The fourth-order valence-corrected chi connectivity index (χ4v) is 3.79. The second-order valence-electron chi connectivity index (χ2n) is 6.87. The summed E-state index contributed by atoms with van der Waals surface area (Å²) in [5.74, 6) is 1.02. The van der Waals surface area contributed by atoms with Gasteiger partial charge in [0, 0.05) is 37.9 Å². The van der Waals surface area contributed by atoms with Gasteiger partial charge in [-0.05, 0) is 32.9 Å². The van der Waals surface area contributed by atoms with E-state index in [4.69, 9.17) is 9.73 Å². The smallest absolute Gasteiger partial charge is 0.194 e. The third-order valence-corrected chi connectivity index (χ3v) is 5.15. The minimum atomic E-state index is 0. The number of nitrogens with one attached hydrogen (secondary N) is 1. The number of nitrogens with zero attached hydrogens (tertiary/aromatic N) is 5. The van der Waals surface area contributed by atoms with E-state index >= 15 is 0 Å². The average Bonchev–Trinajstić information content (AvgIpc) is 3.27. The summed E-state index contributed by atoms with van der Waals surface area (Å²) in [5, 5.41) is 7.74. The first kappa shape index (κ1) is 21.4. The molecule has 0 aromatic carbocycles. The zero-order chi connectivity index (χ0) is 17.6. The summed E-state index contributed by atoms with van der Waals surface area (Å²) >= 11 is 0. The quantitative estimate of drug-likeness (QED) is 0.400. The van der Waals surface area contributed by atoms with Crippen LogP contribution in [-0.2, 0) is 11.8 Å². The van der Waals surface area contributed by atoms with Crippen LogP contribution >= 0.6 is 24.0 Å². The van der Waals surface area contributed by atoms with Crippen molar-refractivity contribution in [2.45, 2.75) is 38.8 Å². The van der Waals surface area contributed by atoms with Crippen molar-refractivity contribution in [3.8, 4) is 0 Å². The number of morpholine rings is 1.